The molecule has 0 radical (unpaired) electrons. The number of aryl methyl sites for hydroxylation is 1. The Kier molecular flexibility index (Phi) is 3.50. The van der Waals surface area contributed by atoms with Gasteiger partial charge in [0.1, 0.15) is 0 Å². The van der Waals surface area contributed by atoms with Crippen molar-refractivity contribution in [3.8, 4) is 0 Å². The van der Waals surface area contributed by atoms with E-state index in [2.05, 4.69) is 9.97 Å². The second-order valence-corrected chi connectivity index (χ2v) is 5.53. The van der Waals surface area contributed by atoms with Crippen molar-refractivity contribution in [2.75, 3.05) is 12.0 Å². The highest BCUT2D eigenvalue weighted by Crippen LogP contribution is 2.11. The summed E-state index contributed by atoms with van der Waals surface area (Å²) >= 11 is 5.22. The molecule has 0 saturated heterocycles. The van der Waals surface area contributed by atoms with Crippen molar-refractivity contribution >= 4 is 34.2 Å². The molecule has 86 valence electrons. The van der Waals surface area contributed by atoms with Crippen molar-refractivity contribution in [3.63, 3.8) is 0 Å². The molecule has 16 heavy (non-hydrogen) atoms. The molecule has 2 aromatic heterocycles. The molecule has 0 bridgehead atoms. The van der Waals surface area contributed by atoms with Crippen LogP contribution in [0.4, 0.5) is 0 Å². The number of hydrogen-bond acceptors (Lipinski definition) is 3. The Labute approximate surface area is 101 Å². The lowest BCUT2D eigenvalue weighted by Gasteiger charge is -2.02. The molecule has 6 heteroatoms. The third-order valence-electron chi connectivity index (χ3n) is 2.34. The van der Waals surface area contributed by atoms with Crippen molar-refractivity contribution in [2.24, 2.45) is 0 Å². The summed E-state index contributed by atoms with van der Waals surface area (Å²) < 4.78 is 13.6. The van der Waals surface area contributed by atoms with E-state index < -0.39 is 10.8 Å². The van der Waals surface area contributed by atoms with Crippen LogP contribution in [0.1, 0.15) is 6.42 Å². The van der Waals surface area contributed by atoms with E-state index in [4.69, 9.17) is 12.2 Å². The summed E-state index contributed by atoms with van der Waals surface area (Å²) in [4.78, 5) is 7.39. The minimum Gasteiger partial charge on any atom is -0.329 e. The first-order valence-electron chi connectivity index (χ1n) is 5.02. The fourth-order valence-corrected chi connectivity index (χ4v) is 2.45. The second kappa shape index (κ2) is 4.88. The van der Waals surface area contributed by atoms with Gasteiger partial charge in [-0.2, -0.15) is 0 Å². The number of aromatic nitrogens is 3. The molecule has 2 aromatic rings. The number of pyridine rings is 1. The summed E-state index contributed by atoms with van der Waals surface area (Å²) in [6.07, 6.45) is 4.31. The standard InChI is InChI=1S/C10H13N3OS2/c1-16(14)7-3-6-13-9-8(12-10(13)15)4-2-5-11-9/h2,4-5H,3,6-7H2,1H3,(H,12,15). The van der Waals surface area contributed by atoms with E-state index >= 15 is 0 Å². The van der Waals surface area contributed by atoms with Crippen LogP contribution < -0.4 is 0 Å². The lowest BCUT2D eigenvalue weighted by molar-refractivity contribution is 0.663. The molecule has 0 amide bonds. The molecule has 2 heterocycles. The third-order valence-corrected chi connectivity index (χ3v) is 3.53. The number of H-pyrrole nitrogens is 1. The molecular weight excluding hydrogens is 242 g/mol. The quantitative estimate of drug-likeness (QED) is 0.848. The molecule has 0 aliphatic heterocycles. The number of rotatable bonds is 4. The van der Waals surface area contributed by atoms with Gasteiger partial charge < -0.3 is 9.55 Å². The van der Waals surface area contributed by atoms with Crippen LogP contribution in [0, 0.1) is 4.77 Å². The van der Waals surface area contributed by atoms with Crippen LogP contribution in [0.3, 0.4) is 0 Å². The van der Waals surface area contributed by atoms with E-state index in [-0.39, 0.29) is 0 Å². The summed E-state index contributed by atoms with van der Waals surface area (Å²) in [5.41, 5.74) is 1.82. The Bertz CT molecular complexity index is 573. The van der Waals surface area contributed by atoms with Crippen molar-refractivity contribution in [2.45, 2.75) is 13.0 Å². The molecule has 1 atom stereocenters. The minimum absolute atomic E-state index is 0.676. The predicted octanol–water partition coefficient (Wildman–Crippen LogP) is 1.86. The van der Waals surface area contributed by atoms with Gasteiger partial charge in [0.05, 0.1) is 5.52 Å². The fourth-order valence-electron chi connectivity index (χ4n) is 1.62. The van der Waals surface area contributed by atoms with E-state index in [0.717, 1.165) is 24.1 Å². The maximum atomic E-state index is 11.0. The van der Waals surface area contributed by atoms with Crippen LogP contribution in [0.2, 0.25) is 0 Å². The summed E-state index contributed by atoms with van der Waals surface area (Å²) in [6.45, 7) is 0.759. The number of imidazole rings is 1. The zero-order valence-corrected chi connectivity index (χ0v) is 10.6. The van der Waals surface area contributed by atoms with Gasteiger partial charge in [0.15, 0.2) is 10.4 Å². The molecule has 4 nitrogen and oxygen atoms in total. The van der Waals surface area contributed by atoms with Gasteiger partial charge in [0.2, 0.25) is 0 Å². The molecule has 0 spiro atoms. The molecule has 0 aliphatic rings. The van der Waals surface area contributed by atoms with Gasteiger partial charge in [0, 0.05) is 35.5 Å². The number of hydrogen-bond donors (Lipinski definition) is 1. The maximum absolute atomic E-state index is 11.0. The molecule has 0 aliphatic carbocycles. The highest BCUT2D eigenvalue weighted by molar-refractivity contribution is 7.84. The van der Waals surface area contributed by atoms with Crippen LogP contribution in [-0.4, -0.2) is 30.8 Å². The maximum Gasteiger partial charge on any atom is 0.179 e. The average Bonchev–Trinajstić information content (AvgIpc) is 2.55. The number of nitrogens with one attached hydrogen (secondary N) is 1. The van der Waals surface area contributed by atoms with Gasteiger partial charge in [-0.05, 0) is 30.8 Å². The van der Waals surface area contributed by atoms with E-state index in [0.29, 0.717) is 10.5 Å². The minimum atomic E-state index is -0.745. The summed E-state index contributed by atoms with van der Waals surface area (Å²) in [5, 5.41) is 0. The van der Waals surface area contributed by atoms with Gasteiger partial charge >= 0.3 is 0 Å². The molecule has 1 N–H and O–H groups in total. The van der Waals surface area contributed by atoms with E-state index in [1.807, 2.05) is 16.7 Å². The largest absolute Gasteiger partial charge is 0.329 e. The number of aromatic amines is 1. The summed E-state index contributed by atoms with van der Waals surface area (Å²) in [6, 6.07) is 3.83. The van der Waals surface area contributed by atoms with Crippen molar-refractivity contribution < 1.29 is 4.21 Å². The first-order chi connectivity index (χ1) is 7.68. The third kappa shape index (κ3) is 2.38. The van der Waals surface area contributed by atoms with Crippen LogP contribution in [0.15, 0.2) is 18.3 Å². The normalized spacial score (nSPS) is 13.1. The Morgan fingerprint density at radius 2 is 2.44 bits per heavy atom. The van der Waals surface area contributed by atoms with Crippen molar-refractivity contribution in [3.05, 3.63) is 23.1 Å². The highest BCUT2D eigenvalue weighted by Gasteiger charge is 2.04. The smallest absolute Gasteiger partial charge is 0.179 e. The molecule has 0 saturated carbocycles. The molecule has 2 rings (SSSR count). The van der Waals surface area contributed by atoms with E-state index in [9.17, 15) is 4.21 Å². The predicted molar refractivity (Wildman–Crippen MR) is 68.5 cm³/mol. The summed E-state index contributed by atoms with van der Waals surface area (Å²) in [5.74, 6) is 0.696. The highest BCUT2D eigenvalue weighted by atomic mass is 32.2. The van der Waals surface area contributed by atoms with Gasteiger partial charge in [0.25, 0.3) is 0 Å². The monoisotopic (exact) mass is 255 g/mol. The van der Waals surface area contributed by atoms with Gasteiger partial charge in [-0.25, -0.2) is 4.98 Å². The average molecular weight is 255 g/mol. The lowest BCUT2D eigenvalue weighted by Crippen LogP contribution is -2.03. The molecule has 0 fully saturated rings. The Morgan fingerprint density at radius 1 is 1.62 bits per heavy atom. The van der Waals surface area contributed by atoms with Crippen LogP contribution in [0.25, 0.3) is 11.2 Å². The van der Waals surface area contributed by atoms with E-state index in [1.54, 1.807) is 12.5 Å². The second-order valence-electron chi connectivity index (χ2n) is 3.59. The number of fused-ring (bicyclic) bond motifs is 1. The van der Waals surface area contributed by atoms with Gasteiger partial charge in [-0.15, -0.1) is 0 Å². The zero-order chi connectivity index (χ0) is 11.5. The zero-order valence-electron chi connectivity index (χ0n) is 8.97. The van der Waals surface area contributed by atoms with Crippen molar-refractivity contribution in [1.29, 1.82) is 0 Å². The SMILES string of the molecule is CS(=O)CCCn1c(=S)[nH]c2cccnc21. The van der Waals surface area contributed by atoms with Gasteiger partial charge in [-0.3, -0.25) is 4.21 Å². The van der Waals surface area contributed by atoms with Crippen LogP contribution in [-0.2, 0) is 17.3 Å². The Hall–Kier alpha value is -1.01. The van der Waals surface area contributed by atoms with Crippen LogP contribution in [0.5, 0.6) is 0 Å². The molecule has 1 unspecified atom stereocenters. The van der Waals surface area contributed by atoms with Gasteiger partial charge in [-0.1, -0.05) is 0 Å². The Morgan fingerprint density at radius 3 is 3.19 bits per heavy atom. The number of nitrogens with zero attached hydrogens (tertiary/aromatic N) is 2. The van der Waals surface area contributed by atoms with E-state index in [1.165, 1.54) is 0 Å². The molecule has 0 aromatic carbocycles. The lowest BCUT2D eigenvalue weighted by atomic mass is 10.4. The molecular formula is C10H13N3OS2. The Balaban J connectivity index is 2.26. The van der Waals surface area contributed by atoms with Crippen molar-refractivity contribution in [1.82, 2.24) is 14.5 Å². The fraction of sp³-hybridized carbons (Fsp3) is 0.400. The first kappa shape index (κ1) is 11.5. The first-order valence-corrected chi connectivity index (χ1v) is 7.15. The topological polar surface area (TPSA) is 50.7 Å². The summed E-state index contributed by atoms with van der Waals surface area (Å²) in [7, 11) is -0.745. The van der Waals surface area contributed by atoms with Crippen LogP contribution >= 0.6 is 12.2 Å².